The van der Waals surface area contributed by atoms with Crippen molar-refractivity contribution < 1.29 is 26.7 Å². The van der Waals surface area contributed by atoms with Crippen molar-refractivity contribution in [1.29, 1.82) is 0 Å². The topological polar surface area (TPSA) is 91.2 Å². The van der Waals surface area contributed by atoms with Gasteiger partial charge in [0.2, 0.25) is 0 Å². The van der Waals surface area contributed by atoms with Gasteiger partial charge >= 0.3 is 0 Å². The average Bonchev–Trinajstić information content (AvgIpc) is 3.39. The number of rotatable bonds is 8. The van der Waals surface area contributed by atoms with Crippen LogP contribution in [-0.4, -0.2) is 28.7 Å². The minimum absolute atomic E-state index is 0.0659. The summed E-state index contributed by atoms with van der Waals surface area (Å²) < 4.78 is 63.1. The van der Waals surface area contributed by atoms with E-state index in [1.54, 1.807) is 41.2 Å². The Morgan fingerprint density at radius 1 is 1.05 bits per heavy atom. The zero-order valence-electron chi connectivity index (χ0n) is 19.7. The molecule has 1 unspecified atom stereocenters. The first-order valence-corrected chi connectivity index (χ1v) is 13.4. The second-order valence-electron chi connectivity index (χ2n) is 8.80. The number of imidazole rings is 1. The monoisotopic (exact) mass is 523 g/mol. The highest BCUT2D eigenvalue weighted by molar-refractivity contribution is 7.90. The molecule has 7 nitrogen and oxygen atoms in total. The lowest BCUT2D eigenvalue weighted by atomic mass is 9.87. The van der Waals surface area contributed by atoms with Crippen LogP contribution in [0.1, 0.15) is 46.0 Å². The number of Topliss-reactive ketones (excluding diaryl/α,β-unsaturated/α-hetero) is 1. The number of halogens is 2. The van der Waals surface area contributed by atoms with Crippen molar-refractivity contribution in [3.63, 3.8) is 0 Å². The molecule has 2 aromatic heterocycles. The van der Waals surface area contributed by atoms with Crippen molar-refractivity contribution in [3.05, 3.63) is 107 Å². The van der Waals surface area contributed by atoms with Gasteiger partial charge in [0.1, 0.15) is 23.5 Å². The second-order valence-corrected chi connectivity index (χ2v) is 10.7. The number of pyridine rings is 1. The Kier molecular flexibility index (Phi) is 6.84. The van der Waals surface area contributed by atoms with Crippen molar-refractivity contribution >= 4 is 15.6 Å². The van der Waals surface area contributed by atoms with E-state index in [1.165, 1.54) is 24.7 Å². The first kappa shape index (κ1) is 24.8. The second kappa shape index (κ2) is 10.2. The highest BCUT2D eigenvalue weighted by Gasteiger charge is 2.29. The Morgan fingerprint density at radius 3 is 2.65 bits per heavy atom. The number of sulfone groups is 1. The highest BCUT2D eigenvalue weighted by Crippen LogP contribution is 2.36. The van der Waals surface area contributed by atoms with Crippen LogP contribution in [-0.2, 0) is 28.6 Å². The van der Waals surface area contributed by atoms with Gasteiger partial charge in [0, 0.05) is 47.8 Å². The Balaban J connectivity index is 1.60. The number of ketones is 1. The lowest BCUT2D eigenvalue weighted by Gasteiger charge is -2.26. The van der Waals surface area contributed by atoms with Gasteiger partial charge < -0.3 is 9.30 Å². The number of carbonyl (C=O) groups excluding carboxylic acids is 1. The summed E-state index contributed by atoms with van der Waals surface area (Å²) in [5.41, 5.74) is 1.51. The van der Waals surface area contributed by atoms with E-state index in [4.69, 9.17) is 4.74 Å². The summed E-state index contributed by atoms with van der Waals surface area (Å²) in [6.07, 6.45) is 6.69. The summed E-state index contributed by atoms with van der Waals surface area (Å²) in [6, 6.07) is 11.0. The van der Waals surface area contributed by atoms with Gasteiger partial charge in [0.15, 0.2) is 20.6 Å². The third-order valence-corrected chi connectivity index (χ3v) is 7.87. The Hall–Kier alpha value is -3.92. The molecule has 2 heterocycles. The fourth-order valence-corrected chi connectivity index (χ4v) is 5.90. The Labute approximate surface area is 212 Å². The van der Waals surface area contributed by atoms with Crippen molar-refractivity contribution in [2.24, 2.45) is 0 Å². The highest BCUT2D eigenvalue weighted by atomic mass is 32.2. The first-order chi connectivity index (χ1) is 17.8. The molecule has 0 aliphatic heterocycles. The minimum Gasteiger partial charge on any atom is -0.483 e. The normalized spacial score (nSPS) is 14.3. The van der Waals surface area contributed by atoms with E-state index in [-0.39, 0.29) is 28.7 Å². The summed E-state index contributed by atoms with van der Waals surface area (Å²) in [6.45, 7) is 0.130. The maximum Gasteiger partial charge on any atom is 0.199 e. The Morgan fingerprint density at radius 2 is 1.92 bits per heavy atom. The van der Waals surface area contributed by atoms with Crippen LogP contribution >= 0.6 is 0 Å². The van der Waals surface area contributed by atoms with Crippen molar-refractivity contribution in [2.75, 3.05) is 0 Å². The molecular weight excluding hydrogens is 500 g/mol. The summed E-state index contributed by atoms with van der Waals surface area (Å²) in [5.74, 6) is -1.82. The minimum atomic E-state index is -3.89. The molecule has 0 fully saturated rings. The molecule has 0 spiro atoms. The number of aromatic nitrogens is 3. The molecule has 0 saturated heterocycles. The van der Waals surface area contributed by atoms with Crippen LogP contribution < -0.4 is 4.74 Å². The van der Waals surface area contributed by atoms with Gasteiger partial charge in [-0.2, -0.15) is 0 Å². The van der Waals surface area contributed by atoms with Gasteiger partial charge in [-0.15, -0.1) is 0 Å². The molecule has 0 bridgehead atoms. The lowest BCUT2D eigenvalue weighted by molar-refractivity contribution is 0.0972. The van der Waals surface area contributed by atoms with Gasteiger partial charge in [-0.25, -0.2) is 27.2 Å². The number of benzene rings is 2. The van der Waals surface area contributed by atoms with Gasteiger partial charge in [-0.3, -0.25) is 4.79 Å². The zero-order valence-corrected chi connectivity index (χ0v) is 20.5. The number of ether oxygens (including phenoxy) is 1. The lowest BCUT2D eigenvalue weighted by Crippen LogP contribution is -2.20. The average molecular weight is 524 g/mol. The smallest absolute Gasteiger partial charge is 0.199 e. The Bertz CT molecular complexity index is 1540. The molecule has 10 heteroatoms. The van der Waals surface area contributed by atoms with Crippen LogP contribution in [0.25, 0.3) is 0 Å². The molecule has 0 amide bonds. The van der Waals surface area contributed by atoms with E-state index < -0.39 is 33.3 Å². The SMILES string of the molecule is O=C1CCCc2c1ccc(OC(Cn1ccnc1)c1ccc(F)cc1F)c2CS(=O)(=O)c1ccccn1. The van der Waals surface area contributed by atoms with Crippen LogP contribution in [0.2, 0.25) is 0 Å². The summed E-state index contributed by atoms with van der Waals surface area (Å²) in [4.78, 5) is 20.6. The molecule has 5 rings (SSSR count). The van der Waals surface area contributed by atoms with Crippen molar-refractivity contribution in [1.82, 2.24) is 14.5 Å². The van der Waals surface area contributed by atoms with E-state index in [0.717, 1.165) is 12.1 Å². The number of hydrogen-bond donors (Lipinski definition) is 0. The molecule has 0 N–H and O–H groups in total. The van der Waals surface area contributed by atoms with E-state index in [1.807, 2.05) is 0 Å². The van der Waals surface area contributed by atoms with E-state index in [0.29, 0.717) is 36.0 Å². The predicted octanol–water partition coefficient (Wildman–Crippen LogP) is 4.87. The van der Waals surface area contributed by atoms with Crippen LogP contribution in [0, 0.1) is 11.6 Å². The van der Waals surface area contributed by atoms with Gasteiger partial charge in [-0.05, 0) is 54.8 Å². The van der Waals surface area contributed by atoms with E-state index in [9.17, 15) is 22.0 Å². The fourth-order valence-electron chi connectivity index (χ4n) is 4.54. The molecule has 1 aliphatic rings. The molecule has 4 aromatic rings. The maximum atomic E-state index is 14.9. The van der Waals surface area contributed by atoms with E-state index >= 15 is 0 Å². The van der Waals surface area contributed by atoms with Crippen LogP contribution in [0.5, 0.6) is 5.75 Å². The first-order valence-electron chi connectivity index (χ1n) is 11.7. The number of hydrogen-bond acceptors (Lipinski definition) is 6. The predicted molar refractivity (Wildman–Crippen MR) is 131 cm³/mol. The summed E-state index contributed by atoms with van der Waals surface area (Å²) in [7, 11) is -3.89. The number of carbonyl (C=O) groups is 1. The molecule has 37 heavy (non-hydrogen) atoms. The summed E-state index contributed by atoms with van der Waals surface area (Å²) in [5, 5.41) is -0.0970. The molecule has 1 aliphatic carbocycles. The largest absolute Gasteiger partial charge is 0.483 e. The fraction of sp³-hybridized carbons (Fsp3) is 0.222. The number of fused-ring (bicyclic) bond motifs is 1. The van der Waals surface area contributed by atoms with Crippen molar-refractivity contribution in [2.45, 2.75) is 42.7 Å². The van der Waals surface area contributed by atoms with Gasteiger partial charge in [0.05, 0.1) is 18.6 Å². The molecule has 0 radical (unpaired) electrons. The zero-order chi connectivity index (χ0) is 26.0. The van der Waals surface area contributed by atoms with E-state index in [2.05, 4.69) is 9.97 Å². The van der Waals surface area contributed by atoms with Crippen molar-refractivity contribution in [3.8, 4) is 5.75 Å². The molecule has 2 aromatic carbocycles. The standard InChI is InChI=1S/C27H23F2N3O4S/c28-18-7-8-21(23(29)14-18)26(15-32-13-12-30-17-32)36-25-10-9-20-19(4-3-5-24(20)33)22(25)16-37(34,35)27-6-1-2-11-31-27/h1-2,6-14,17,26H,3-5,15-16H2. The number of nitrogens with zero attached hydrogens (tertiary/aromatic N) is 3. The van der Waals surface area contributed by atoms with Crippen LogP contribution in [0.3, 0.4) is 0 Å². The maximum absolute atomic E-state index is 14.9. The molecule has 1 atom stereocenters. The van der Waals surface area contributed by atoms with Gasteiger partial charge in [-0.1, -0.05) is 6.07 Å². The third kappa shape index (κ3) is 5.29. The third-order valence-electron chi connectivity index (χ3n) is 6.32. The van der Waals surface area contributed by atoms with Crippen LogP contribution in [0.15, 0.2) is 78.5 Å². The molecule has 190 valence electrons. The molecular formula is C27H23F2N3O4S. The quantitative estimate of drug-likeness (QED) is 0.327. The van der Waals surface area contributed by atoms with Crippen LogP contribution in [0.4, 0.5) is 8.78 Å². The van der Waals surface area contributed by atoms with Gasteiger partial charge in [0.25, 0.3) is 0 Å². The molecule has 0 saturated carbocycles. The summed E-state index contributed by atoms with van der Waals surface area (Å²) >= 11 is 0.